The average molecular weight is 465 g/mol. The molecule has 6 nitrogen and oxygen atoms in total. The van der Waals surface area contributed by atoms with E-state index in [1.54, 1.807) is 24.3 Å². The van der Waals surface area contributed by atoms with Gasteiger partial charge in [0.15, 0.2) is 23.0 Å². The summed E-state index contributed by atoms with van der Waals surface area (Å²) in [6, 6.07) is 21.3. The van der Waals surface area contributed by atoms with Crippen molar-refractivity contribution in [2.75, 3.05) is 0 Å². The predicted molar refractivity (Wildman–Crippen MR) is 137 cm³/mol. The fourth-order valence-electron chi connectivity index (χ4n) is 4.67. The van der Waals surface area contributed by atoms with E-state index in [1.807, 2.05) is 50.2 Å². The molecule has 0 amide bonds. The van der Waals surface area contributed by atoms with E-state index < -0.39 is 5.66 Å². The summed E-state index contributed by atoms with van der Waals surface area (Å²) >= 11 is 0. The van der Waals surface area contributed by atoms with Crippen molar-refractivity contribution in [3.8, 4) is 34.1 Å². The molecule has 5 rings (SSSR count). The minimum absolute atomic E-state index is 0.241. The number of benzene rings is 4. The summed E-state index contributed by atoms with van der Waals surface area (Å²) in [5.74, 6) is -1.02. The van der Waals surface area contributed by atoms with Crippen LogP contribution in [0.15, 0.2) is 82.8 Å². The Morgan fingerprint density at radius 1 is 0.571 bits per heavy atom. The van der Waals surface area contributed by atoms with E-state index in [2.05, 4.69) is 0 Å². The Morgan fingerprint density at radius 2 is 0.971 bits per heavy atom. The van der Waals surface area contributed by atoms with Crippen LogP contribution in [0.4, 0.5) is 0 Å². The van der Waals surface area contributed by atoms with Gasteiger partial charge in [-0.05, 0) is 60.4 Å². The average Bonchev–Trinajstić information content (AvgIpc) is 3.13. The number of para-hydroxylation sites is 2. The number of hydrogen-bond acceptors (Lipinski definition) is 6. The van der Waals surface area contributed by atoms with Gasteiger partial charge >= 0.3 is 0 Å². The smallest absolute Gasteiger partial charge is 0.202 e. The molecule has 0 saturated heterocycles. The number of aryl methyl sites for hydroxylation is 2. The maximum atomic E-state index is 10.4. The molecule has 0 atom stereocenters. The van der Waals surface area contributed by atoms with Gasteiger partial charge in [0.05, 0.1) is 0 Å². The molecule has 0 spiro atoms. The second kappa shape index (κ2) is 8.33. The fourth-order valence-corrected chi connectivity index (χ4v) is 4.67. The van der Waals surface area contributed by atoms with E-state index >= 15 is 0 Å². The van der Waals surface area contributed by atoms with Crippen LogP contribution in [0, 0.1) is 13.8 Å². The highest BCUT2D eigenvalue weighted by atomic mass is 16.3. The second-order valence-corrected chi connectivity index (χ2v) is 8.61. The summed E-state index contributed by atoms with van der Waals surface area (Å²) in [7, 11) is 0. The maximum absolute atomic E-state index is 10.4. The Labute approximate surface area is 202 Å². The molecule has 4 aromatic rings. The Morgan fingerprint density at radius 3 is 1.40 bits per heavy atom. The van der Waals surface area contributed by atoms with Crippen molar-refractivity contribution in [3.05, 3.63) is 106 Å². The molecule has 1 aliphatic rings. The van der Waals surface area contributed by atoms with Crippen molar-refractivity contribution in [1.82, 2.24) is 0 Å². The minimum Gasteiger partial charge on any atom is -0.504 e. The standard InChI is InChI=1S/C29H24N2O4/c1-17-7-3-11-21-25(17)26-18(2)8-4-12-22(26)29(21,30-15-19-9-5-13-23(32)27(19)34)31-16-20-10-6-14-24(33)28(20)35/h3-16,32-35H,1-2H3/b30-15+,31-16+. The second-order valence-electron chi connectivity index (χ2n) is 8.61. The largest absolute Gasteiger partial charge is 0.504 e. The Bertz CT molecular complexity index is 1410. The van der Waals surface area contributed by atoms with Gasteiger partial charge in [-0.3, -0.25) is 9.98 Å². The van der Waals surface area contributed by atoms with Gasteiger partial charge in [0.2, 0.25) is 5.66 Å². The molecule has 35 heavy (non-hydrogen) atoms. The van der Waals surface area contributed by atoms with Gasteiger partial charge in [-0.1, -0.05) is 48.5 Å². The zero-order chi connectivity index (χ0) is 24.7. The van der Waals surface area contributed by atoms with Gasteiger partial charge < -0.3 is 20.4 Å². The molecule has 4 aromatic carbocycles. The maximum Gasteiger partial charge on any atom is 0.202 e. The number of fused-ring (bicyclic) bond motifs is 3. The van der Waals surface area contributed by atoms with Crippen LogP contribution in [0.1, 0.15) is 33.4 Å². The van der Waals surface area contributed by atoms with Crippen molar-refractivity contribution >= 4 is 12.4 Å². The van der Waals surface area contributed by atoms with Crippen LogP contribution in [0.25, 0.3) is 11.1 Å². The van der Waals surface area contributed by atoms with Crippen LogP contribution >= 0.6 is 0 Å². The number of phenols is 4. The normalized spacial score (nSPS) is 13.9. The van der Waals surface area contributed by atoms with Crippen LogP contribution in [0.5, 0.6) is 23.0 Å². The molecule has 1 aliphatic carbocycles. The lowest BCUT2D eigenvalue weighted by Crippen LogP contribution is -2.21. The lowest BCUT2D eigenvalue weighted by atomic mass is 9.96. The minimum atomic E-state index is -1.22. The third kappa shape index (κ3) is 3.51. The highest BCUT2D eigenvalue weighted by Crippen LogP contribution is 2.53. The topological polar surface area (TPSA) is 106 Å². The van der Waals surface area contributed by atoms with Crippen molar-refractivity contribution < 1.29 is 20.4 Å². The van der Waals surface area contributed by atoms with Gasteiger partial charge in [0.25, 0.3) is 0 Å². The lowest BCUT2D eigenvalue weighted by Gasteiger charge is -2.24. The Kier molecular flexibility index (Phi) is 5.29. The zero-order valence-electron chi connectivity index (χ0n) is 19.3. The van der Waals surface area contributed by atoms with Gasteiger partial charge in [-0.2, -0.15) is 0 Å². The summed E-state index contributed by atoms with van der Waals surface area (Å²) in [5, 5.41) is 40.7. The van der Waals surface area contributed by atoms with Crippen molar-refractivity contribution in [1.29, 1.82) is 0 Å². The van der Waals surface area contributed by atoms with E-state index in [4.69, 9.17) is 9.98 Å². The number of aromatic hydroxyl groups is 4. The summed E-state index contributed by atoms with van der Waals surface area (Å²) in [6.45, 7) is 4.08. The van der Waals surface area contributed by atoms with Crippen LogP contribution in [0.2, 0.25) is 0 Å². The summed E-state index contributed by atoms with van der Waals surface area (Å²) < 4.78 is 0. The quantitative estimate of drug-likeness (QED) is 0.235. The fraction of sp³-hybridized carbons (Fsp3) is 0.103. The molecule has 0 heterocycles. The van der Waals surface area contributed by atoms with Crippen LogP contribution in [-0.4, -0.2) is 32.9 Å². The first-order valence-electron chi connectivity index (χ1n) is 11.2. The first-order chi connectivity index (χ1) is 16.8. The molecule has 0 aromatic heterocycles. The van der Waals surface area contributed by atoms with Gasteiger partial charge in [0.1, 0.15) is 0 Å². The van der Waals surface area contributed by atoms with E-state index in [9.17, 15) is 20.4 Å². The van der Waals surface area contributed by atoms with Crippen molar-refractivity contribution in [2.45, 2.75) is 19.5 Å². The van der Waals surface area contributed by atoms with Crippen molar-refractivity contribution in [2.24, 2.45) is 9.98 Å². The van der Waals surface area contributed by atoms with Crippen molar-refractivity contribution in [3.63, 3.8) is 0 Å². The summed E-state index contributed by atoms with van der Waals surface area (Å²) in [6.07, 6.45) is 3.00. The molecule has 0 unspecified atom stereocenters. The summed E-state index contributed by atoms with van der Waals surface area (Å²) in [4.78, 5) is 9.84. The molecule has 0 fully saturated rings. The Balaban J connectivity index is 1.80. The molecule has 0 saturated carbocycles. The highest BCUT2D eigenvalue weighted by Gasteiger charge is 2.44. The van der Waals surface area contributed by atoms with Gasteiger partial charge in [-0.15, -0.1) is 0 Å². The first-order valence-corrected chi connectivity index (χ1v) is 11.2. The first kappa shape index (κ1) is 22.2. The number of nitrogens with zero attached hydrogens (tertiary/aromatic N) is 2. The van der Waals surface area contributed by atoms with Crippen LogP contribution in [-0.2, 0) is 5.66 Å². The molecule has 0 bridgehead atoms. The van der Waals surface area contributed by atoms with E-state index in [1.165, 1.54) is 24.6 Å². The number of rotatable bonds is 4. The van der Waals surface area contributed by atoms with Gasteiger partial charge in [-0.25, -0.2) is 0 Å². The monoisotopic (exact) mass is 464 g/mol. The predicted octanol–water partition coefficient (Wildman–Crippen LogP) is 5.55. The SMILES string of the molecule is Cc1cccc2c1-c1c(C)cccc1C2(/N=C/c1cccc(O)c1O)/N=C/c1cccc(O)c1O. The van der Waals surface area contributed by atoms with E-state index in [0.717, 1.165) is 33.4 Å². The highest BCUT2D eigenvalue weighted by molar-refractivity contribution is 5.91. The third-order valence-corrected chi connectivity index (χ3v) is 6.42. The van der Waals surface area contributed by atoms with Crippen LogP contribution in [0.3, 0.4) is 0 Å². The molecule has 0 aliphatic heterocycles. The molecular formula is C29H24N2O4. The van der Waals surface area contributed by atoms with E-state index in [-0.39, 0.29) is 23.0 Å². The summed E-state index contributed by atoms with van der Waals surface area (Å²) in [5.41, 5.74) is 5.40. The lowest BCUT2D eigenvalue weighted by molar-refractivity contribution is 0.403. The third-order valence-electron chi connectivity index (χ3n) is 6.42. The number of hydrogen-bond donors (Lipinski definition) is 4. The molecule has 6 heteroatoms. The van der Waals surface area contributed by atoms with E-state index in [0.29, 0.717) is 11.1 Å². The Hall–Kier alpha value is -4.58. The van der Waals surface area contributed by atoms with Gasteiger partial charge in [0, 0.05) is 34.7 Å². The molecular weight excluding hydrogens is 440 g/mol. The van der Waals surface area contributed by atoms with Crippen LogP contribution < -0.4 is 0 Å². The molecule has 0 radical (unpaired) electrons. The molecule has 174 valence electrons. The number of phenolic OH excluding ortho intramolecular Hbond substituents is 4. The zero-order valence-corrected chi connectivity index (χ0v) is 19.3. The number of aliphatic imine (C=N–C) groups is 2. The molecule has 4 N–H and O–H groups in total.